The predicted molar refractivity (Wildman–Crippen MR) is 70.5 cm³/mol. The SMILES string of the molecule is CNc1ncnc(NCc2nc(C)cs2)c1C. The zero-order valence-corrected chi connectivity index (χ0v) is 10.9. The van der Waals surface area contributed by atoms with Crippen molar-refractivity contribution in [1.82, 2.24) is 15.0 Å². The first-order chi connectivity index (χ1) is 8.20. The summed E-state index contributed by atoms with van der Waals surface area (Å²) in [7, 11) is 1.85. The summed E-state index contributed by atoms with van der Waals surface area (Å²) in [5.74, 6) is 1.69. The lowest BCUT2D eigenvalue weighted by Crippen LogP contribution is -2.06. The van der Waals surface area contributed by atoms with Gasteiger partial charge in [-0.05, 0) is 13.8 Å². The first-order valence-electron chi connectivity index (χ1n) is 5.35. The molecule has 2 N–H and O–H groups in total. The van der Waals surface area contributed by atoms with E-state index in [0.717, 1.165) is 27.9 Å². The molecule has 17 heavy (non-hydrogen) atoms. The van der Waals surface area contributed by atoms with E-state index in [1.165, 1.54) is 0 Å². The van der Waals surface area contributed by atoms with E-state index >= 15 is 0 Å². The molecule has 0 amide bonds. The number of thiazole rings is 1. The molecular formula is C11H15N5S. The van der Waals surface area contributed by atoms with Crippen LogP contribution in [0.25, 0.3) is 0 Å². The van der Waals surface area contributed by atoms with E-state index in [0.29, 0.717) is 6.54 Å². The van der Waals surface area contributed by atoms with E-state index in [-0.39, 0.29) is 0 Å². The van der Waals surface area contributed by atoms with Gasteiger partial charge >= 0.3 is 0 Å². The molecule has 6 heteroatoms. The standard InChI is InChI=1S/C11H15N5S/c1-7-5-17-9(16-7)4-13-11-8(2)10(12-3)14-6-15-11/h5-6H,4H2,1-3H3,(H2,12,13,14,15). The molecular weight excluding hydrogens is 234 g/mol. The van der Waals surface area contributed by atoms with E-state index in [1.54, 1.807) is 17.7 Å². The maximum Gasteiger partial charge on any atom is 0.134 e. The van der Waals surface area contributed by atoms with Crippen LogP contribution in [-0.2, 0) is 6.54 Å². The lowest BCUT2D eigenvalue weighted by atomic mass is 10.3. The van der Waals surface area contributed by atoms with Gasteiger partial charge in [-0.15, -0.1) is 11.3 Å². The minimum absolute atomic E-state index is 0.694. The molecule has 0 saturated carbocycles. The molecule has 0 bridgehead atoms. The highest BCUT2D eigenvalue weighted by Gasteiger charge is 2.06. The normalized spacial score (nSPS) is 10.3. The van der Waals surface area contributed by atoms with Gasteiger partial charge < -0.3 is 10.6 Å². The maximum atomic E-state index is 4.39. The molecule has 2 rings (SSSR count). The van der Waals surface area contributed by atoms with Crippen LogP contribution in [0.5, 0.6) is 0 Å². The Bertz CT molecular complexity index is 508. The van der Waals surface area contributed by atoms with E-state index < -0.39 is 0 Å². The average Bonchev–Trinajstić information content (AvgIpc) is 2.74. The molecule has 0 radical (unpaired) electrons. The molecule has 0 aliphatic rings. The Kier molecular flexibility index (Phi) is 3.53. The van der Waals surface area contributed by atoms with Crippen molar-refractivity contribution in [2.45, 2.75) is 20.4 Å². The molecule has 2 aromatic rings. The third kappa shape index (κ3) is 2.71. The van der Waals surface area contributed by atoms with Crippen molar-refractivity contribution >= 4 is 23.0 Å². The Balaban J connectivity index is 2.09. The van der Waals surface area contributed by atoms with Gasteiger partial charge in [-0.1, -0.05) is 0 Å². The molecule has 2 aromatic heterocycles. The van der Waals surface area contributed by atoms with Crippen LogP contribution in [0.3, 0.4) is 0 Å². The van der Waals surface area contributed by atoms with Gasteiger partial charge in [-0.2, -0.15) is 0 Å². The average molecular weight is 249 g/mol. The molecule has 0 aliphatic carbocycles. The number of aromatic nitrogens is 3. The number of nitrogens with zero attached hydrogens (tertiary/aromatic N) is 3. The summed E-state index contributed by atoms with van der Waals surface area (Å²) < 4.78 is 0. The predicted octanol–water partition coefficient (Wildman–Crippen LogP) is 2.20. The number of nitrogens with one attached hydrogen (secondary N) is 2. The number of aryl methyl sites for hydroxylation is 1. The quantitative estimate of drug-likeness (QED) is 0.869. The van der Waals surface area contributed by atoms with Crippen LogP contribution >= 0.6 is 11.3 Å². The zero-order chi connectivity index (χ0) is 12.3. The van der Waals surface area contributed by atoms with E-state index in [9.17, 15) is 0 Å². The molecule has 2 heterocycles. The van der Waals surface area contributed by atoms with Crippen molar-refractivity contribution in [3.8, 4) is 0 Å². The Morgan fingerprint density at radius 3 is 2.65 bits per heavy atom. The Hall–Kier alpha value is -1.69. The highest BCUT2D eigenvalue weighted by atomic mass is 32.1. The zero-order valence-electron chi connectivity index (χ0n) is 10.1. The second-order valence-corrected chi connectivity index (χ2v) is 4.62. The lowest BCUT2D eigenvalue weighted by Gasteiger charge is -2.09. The number of hydrogen-bond acceptors (Lipinski definition) is 6. The van der Waals surface area contributed by atoms with Crippen molar-refractivity contribution in [3.63, 3.8) is 0 Å². The lowest BCUT2D eigenvalue weighted by molar-refractivity contribution is 1.03. The topological polar surface area (TPSA) is 62.7 Å². The van der Waals surface area contributed by atoms with Crippen molar-refractivity contribution in [1.29, 1.82) is 0 Å². The summed E-state index contributed by atoms with van der Waals surface area (Å²) in [6.07, 6.45) is 1.55. The molecule has 0 saturated heterocycles. The second-order valence-electron chi connectivity index (χ2n) is 3.68. The number of hydrogen-bond donors (Lipinski definition) is 2. The minimum atomic E-state index is 0.694. The fraction of sp³-hybridized carbons (Fsp3) is 0.364. The van der Waals surface area contributed by atoms with Crippen molar-refractivity contribution in [2.75, 3.05) is 17.7 Å². The Morgan fingerprint density at radius 1 is 1.24 bits per heavy atom. The van der Waals surface area contributed by atoms with Crippen LogP contribution in [0.4, 0.5) is 11.6 Å². The summed E-state index contributed by atoms with van der Waals surface area (Å²) in [6, 6.07) is 0. The molecule has 0 unspecified atom stereocenters. The van der Waals surface area contributed by atoms with Crippen LogP contribution in [0.2, 0.25) is 0 Å². The second kappa shape index (κ2) is 5.09. The number of rotatable bonds is 4. The van der Waals surface area contributed by atoms with Gasteiger partial charge in [0.05, 0.1) is 6.54 Å². The fourth-order valence-electron chi connectivity index (χ4n) is 1.52. The van der Waals surface area contributed by atoms with Gasteiger partial charge in [0.15, 0.2) is 0 Å². The van der Waals surface area contributed by atoms with Gasteiger partial charge in [0.2, 0.25) is 0 Å². The molecule has 0 spiro atoms. The highest BCUT2D eigenvalue weighted by Crippen LogP contribution is 2.18. The van der Waals surface area contributed by atoms with E-state index in [1.807, 2.05) is 26.3 Å². The van der Waals surface area contributed by atoms with Crippen LogP contribution in [-0.4, -0.2) is 22.0 Å². The Morgan fingerprint density at radius 2 is 2.00 bits per heavy atom. The van der Waals surface area contributed by atoms with Gasteiger partial charge in [0.25, 0.3) is 0 Å². The van der Waals surface area contributed by atoms with Gasteiger partial charge in [-0.3, -0.25) is 0 Å². The fourth-order valence-corrected chi connectivity index (χ4v) is 2.24. The summed E-state index contributed by atoms with van der Waals surface area (Å²) >= 11 is 1.65. The third-order valence-corrected chi connectivity index (χ3v) is 3.36. The summed E-state index contributed by atoms with van der Waals surface area (Å²) in [5.41, 5.74) is 2.07. The van der Waals surface area contributed by atoms with E-state index in [4.69, 9.17) is 0 Å². The molecule has 0 fully saturated rings. The first kappa shape index (κ1) is 11.8. The number of anilines is 2. The molecule has 0 aliphatic heterocycles. The highest BCUT2D eigenvalue weighted by molar-refractivity contribution is 7.09. The van der Waals surface area contributed by atoms with Crippen LogP contribution in [0.1, 0.15) is 16.3 Å². The monoisotopic (exact) mass is 249 g/mol. The summed E-state index contributed by atoms with van der Waals surface area (Å²) in [6.45, 7) is 4.68. The summed E-state index contributed by atoms with van der Waals surface area (Å²) in [5, 5.41) is 9.41. The van der Waals surface area contributed by atoms with Crippen molar-refractivity contribution in [2.24, 2.45) is 0 Å². The van der Waals surface area contributed by atoms with Crippen LogP contribution in [0.15, 0.2) is 11.7 Å². The van der Waals surface area contributed by atoms with Crippen molar-refractivity contribution in [3.05, 3.63) is 28.0 Å². The largest absolute Gasteiger partial charge is 0.373 e. The Labute approximate surface area is 104 Å². The minimum Gasteiger partial charge on any atom is -0.373 e. The van der Waals surface area contributed by atoms with Crippen LogP contribution in [0, 0.1) is 13.8 Å². The van der Waals surface area contributed by atoms with Crippen LogP contribution < -0.4 is 10.6 Å². The summed E-state index contributed by atoms with van der Waals surface area (Å²) in [4.78, 5) is 12.8. The smallest absolute Gasteiger partial charge is 0.134 e. The molecule has 0 aromatic carbocycles. The van der Waals surface area contributed by atoms with Gasteiger partial charge in [0.1, 0.15) is 23.0 Å². The molecule has 90 valence electrons. The van der Waals surface area contributed by atoms with Gasteiger partial charge in [-0.25, -0.2) is 15.0 Å². The maximum absolute atomic E-state index is 4.39. The van der Waals surface area contributed by atoms with Gasteiger partial charge in [0, 0.05) is 23.7 Å². The van der Waals surface area contributed by atoms with Crippen molar-refractivity contribution < 1.29 is 0 Å². The molecule has 0 atom stereocenters. The third-order valence-electron chi connectivity index (χ3n) is 2.39. The first-order valence-corrected chi connectivity index (χ1v) is 6.23. The molecule has 5 nitrogen and oxygen atoms in total. The van der Waals surface area contributed by atoms with E-state index in [2.05, 4.69) is 25.6 Å².